The summed E-state index contributed by atoms with van der Waals surface area (Å²) in [6, 6.07) is 6.40. The Labute approximate surface area is 162 Å². The SMILES string of the molecule is CC(C)(CCl)C(=O)N1CCN(Cc2nc(-c3ccc(F)cc3)cs2)CC1. The summed E-state index contributed by atoms with van der Waals surface area (Å²) in [5.41, 5.74) is 1.29. The molecule has 0 radical (unpaired) electrons. The molecule has 0 saturated carbocycles. The lowest BCUT2D eigenvalue weighted by atomic mass is 9.94. The van der Waals surface area contributed by atoms with Gasteiger partial charge in [-0.25, -0.2) is 9.37 Å². The zero-order chi connectivity index (χ0) is 18.7. The molecule has 26 heavy (non-hydrogen) atoms. The molecule has 0 aliphatic carbocycles. The summed E-state index contributed by atoms with van der Waals surface area (Å²) in [7, 11) is 0. The van der Waals surface area contributed by atoms with Gasteiger partial charge in [0.05, 0.1) is 17.7 Å². The third-order valence-electron chi connectivity index (χ3n) is 4.62. The lowest BCUT2D eigenvalue weighted by Crippen LogP contribution is -2.52. The molecular weight excluding hydrogens is 373 g/mol. The third-order valence-corrected chi connectivity index (χ3v) is 6.12. The molecule has 0 spiro atoms. The Morgan fingerprint density at radius 3 is 2.50 bits per heavy atom. The van der Waals surface area contributed by atoms with Gasteiger partial charge in [0.25, 0.3) is 0 Å². The molecule has 4 nitrogen and oxygen atoms in total. The molecule has 2 heterocycles. The molecule has 2 aromatic rings. The van der Waals surface area contributed by atoms with Crippen LogP contribution >= 0.6 is 22.9 Å². The number of rotatable bonds is 5. The van der Waals surface area contributed by atoms with Gasteiger partial charge in [-0.3, -0.25) is 9.69 Å². The minimum atomic E-state index is -0.511. The topological polar surface area (TPSA) is 36.4 Å². The fourth-order valence-electron chi connectivity index (χ4n) is 2.92. The summed E-state index contributed by atoms with van der Waals surface area (Å²) >= 11 is 7.53. The van der Waals surface area contributed by atoms with Crippen LogP contribution in [0.3, 0.4) is 0 Å². The quantitative estimate of drug-likeness (QED) is 0.721. The average Bonchev–Trinajstić information content (AvgIpc) is 3.11. The number of alkyl halides is 1. The van der Waals surface area contributed by atoms with Crippen LogP contribution in [0, 0.1) is 11.2 Å². The van der Waals surface area contributed by atoms with Crippen molar-refractivity contribution < 1.29 is 9.18 Å². The lowest BCUT2D eigenvalue weighted by Gasteiger charge is -2.37. The molecule has 0 bridgehead atoms. The molecule has 3 rings (SSSR count). The van der Waals surface area contributed by atoms with Crippen LogP contribution in [-0.4, -0.2) is 52.8 Å². The van der Waals surface area contributed by atoms with Crippen LogP contribution in [0.1, 0.15) is 18.9 Å². The van der Waals surface area contributed by atoms with Crippen molar-refractivity contribution in [1.82, 2.24) is 14.8 Å². The lowest BCUT2D eigenvalue weighted by molar-refractivity contribution is -0.141. The molecular formula is C19H23ClFN3OS. The number of piperazine rings is 1. The van der Waals surface area contributed by atoms with Gasteiger partial charge >= 0.3 is 0 Å². The number of nitrogens with zero attached hydrogens (tertiary/aromatic N) is 3. The first-order valence-corrected chi connectivity index (χ1v) is 10.1. The van der Waals surface area contributed by atoms with E-state index < -0.39 is 5.41 Å². The zero-order valence-electron chi connectivity index (χ0n) is 15.0. The van der Waals surface area contributed by atoms with E-state index in [1.54, 1.807) is 23.5 Å². The van der Waals surface area contributed by atoms with Crippen molar-refractivity contribution in [2.75, 3.05) is 32.1 Å². The fourth-order valence-corrected chi connectivity index (χ4v) is 3.88. The van der Waals surface area contributed by atoms with Crippen molar-refractivity contribution in [3.8, 4) is 11.3 Å². The van der Waals surface area contributed by atoms with Gasteiger partial charge in [-0.1, -0.05) is 0 Å². The number of carbonyl (C=O) groups excluding carboxylic acids is 1. The first-order chi connectivity index (χ1) is 12.4. The monoisotopic (exact) mass is 395 g/mol. The van der Waals surface area contributed by atoms with Crippen molar-refractivity contribution in [3.05, 3.63) is 40.5 Å². The van der Waals surface area contributed by atoms with Gasteiger partial charge in [-0.05, 0) is 38.1 Å². The highest BCUT2D eigenvalue weighted by atomic mass is 35.5. The van der Waals surface area contributed by atoms with Crippen LogP contribution in [-0.2, 0) is 11.3 Å². The third kappa shape index (κ3) is 4.42. The van der Waals surface area contributed by atoms with Crippen molar-refractivity contribution in [2.24, 2.45) is 5.41 Å². The van der Waals surface area contributed by atoms with Crippen molar-refractivity contribution >= 4 is 28.8 Å². The highest BCUT2D eigenvalue weighted by molar-refractivity contribution is 7.09. The van der Waals surface area contributed by atoms with Gasteiger partial charge in [0.15, 0.2) is 0 Å². The Morgan fingerprint density at radius 2 is 1.88 bits per heavy atom. The summed E-state index contributed by atoms with van der Waals surface area (Å²) in [5.74, 6) is 0.214. The molecule has 1 aromatic carbocycles. The molecule has 1 saturated heterocycles. The van der Waals surface area contributed by atoms with Crippen molar-refractivity contribution in [3.63, 3.8) is 0 Å². The van der Waals surface area contributed by atoms with Gasteiger partial charge in [0.1, 0.15) is 10.8 Å². The number of amides is 1. The van der Waals surface area contributed by atoms with E-state index in [1.165, 1.54) is 12.1 Å². The van der Waals surface area contributed by atoms with Gasteiger partial charge in [-0.2, -0.15) is 0 Å². The molecule has 140 valence electrons. The Morgan fingerprint density at radius 1 is 1.23 bits per heavy atom. The Balaban J connectivity index is 1.55. The Bertz CT molecular complexity index is 754. The maximum atomic E-state index is 13.0. The van der Waals surface area contributed by atoms with Crippen molar-refractivity contribution in [2.45, 2.75) is 20.4 Å². The molecule has 1 aromatic heterocycles. The summed E-state index contributed by atoms with van der Waals surface area (Å²) in [6.45, 7) is 7.64. The van der Waals surface area contributed by atoms with E-state index >= 15 is 0 Å². The van der Waals surface area contributed by atoms with Gasteiger partial charge in [0.2, 0.25) is 5.91 Å². The number of halogens is 2. The second kappa shape index (κ2) is 8.03. The maximum Gasteiger partial charge on any atom is 0.229 e. The van der Waals surface area contributed by atoms with Crippen LogP contribution in [0.25, 0.3) is 11.3 Å². The van der Waals surface area contributed by atoms with Gasteiger partial charge in [-0.15, -0.1) is 22.9 Å². The molecule has 1 amide bonds. The van der Waals surface area contributed by atoms with E-state index in [-0.39, 0.29) is 11.7 Å². The highest BCUT2D eigenvalue weighted by Crippen LogP contribution is 2.24. The second-order valence-electron chi connectivity index (χ2n) is 7.22. The summed E-state index contributed by atoms with van der Waals surface area (Å²) < 4.78 is 13.0. The van der Waals surface area contributed by atoms with Gasteiger partial charge < -0.3 is 4.90 Å². The average molecular weight is 396 g/mol. The van der Waals surface area contributed by atoms with Crippen LogP contribution in [0.15, 0.2) is 29.6 Å². The zero-order valence-corrected chi connectivity index (χ0v) is 16.6. The minimum Gasteiger partial charge on any atom is -0.340 e. The minimum absolute atomic E-state index is 0.125. The largest absolute Gasteiger partial charge is 0.340 e. The fraction of sp³-hybridized carbons (Fsp3) is 0.474. The number of hydrogen-bond donors (Lipinski definition) is 0. The second-order valence-corrected chi connectivity index (χ2v) is 8.43. The van der Waals surface area contributed by atoms with E-state index in [0.29, 0.717) is 5.88 Å². The Hall–Kier alpha value is -1.50. The highest BCUT2D eigenvalue weighted by Gasteiger charge is 2.33. The first-order valence-electron chi connectivity index (χ1n) is 8.67. The van der Waals surface area contributed by atoms with E-state index in [1.807, 2.05) is 24.1 Å². The summed E-state index contributed by atoms with van der Waals surface area (Å²) in [6.07, 6.45) is 0. The molecule has 1 fully saturated rings. The predicted octanol–water partition coefficient (Wildman–Crippen LogP) is 3.86. The van der Waals surface area contributed by atoms with Crippen LogP contribution in [0.5, 0.6) is 0 Å². The number of thiazole rings is 1. The molecule has 0 atom stereocenters. The molecule has 0 unspecified atom stereocenters. The molecule has 0 N–H and O–H groups in total. The predicted molar refractivity (Wildman–Crippen MR) is 104 cm³/mol. The number of benzene rings is 1. The van der Waals surface area contributed by atoms with Crippen LogP contribution < -0.4 is 0 Å². The smallest absolute Gasteiger partial charge is 0.229 e. The summed E-state index contributed by atoms with van der Waals surface area (Å²) in [4.78, 5) is 21.4. The number of aromatic nitrogens is 1. The van der Waals surface area contributed by atoms with Crippen LogP contribution in [0.2, 0.25) is 0 Å². The van der Waals surface area contributed by atoms with E-state index in [2.05, 4.69) is 9.88 Å². The number of carbonyl (C=O) groups is 1. The van der Waals surface area contributed by atoms with Crippen molar-refractivity contribution in [1.29, 1.82) is 0 Å². The van der Waals surface area contributed by atoms with Crippen LogP contribution in [0.4, 0.5) is 4.39 Å². The standard InChI is InChI=1S/C19H23ClFN3OS/c1-19(2,13-20)18(25)24-9-7-23(8-10-24)11-17-22-16(12-26-17)14-3-5-15(21)6-4-14/h3-6,12H,7-11,13H2,1-2H3. The summed E-state index contributed by atoms with van der Waals surface area (Å²) in [5, 5.41) is 3.04. The first kappa shape index (κ1) is 19.3. The normalized spacial score (nSPS) is 16.1. The van der Waals surface area contributed by atoms with E-state index in [9.17, 15) is 9.18 Å². The van der Waals surface area contributed by atoms with E-state index in [4.69, 9.17) is 11.6 Å². The van der Waals surface area contributed by atoms with Gasteiger partial charge in [0, 0.05) is 43.0 Å². The van der Waals surface area contributed by atoms with E-state index in [0.717, 1.165) is 49.0 Å². The maximum absolute atomic E-state index is 13.0. The number of hydrogen-bond acceptors (Lipinski definition) is 4. The Kier molecular flexibility index (Phi) is 5.95. The molecule has 1 aliphatic heterocycles. The molecule has 1 aliphatic rings. The molecule has 7 heteroatoms.